The molecule has 5 nitrogen and oxygen atoms in total. The monoisotopic (exact) mass is 317 g/mol. The molecule has 0 aromatic carbocycles. The van der Waals surface area contributed by atoms with Crippen LogP contribution in [0.1, 0.15) is 39.5 Å². The van der Waals surface area contributed by atoms with Gasteiger partial charge in [0, 0.05) is 45.8 Å². The van der Waals surface area contributed by atoms with Crippen LogP contribution < -0.4 is 5.32 Å². The molecule has 2 rings (SSSR count). The van der Waals surface area contributed by atoms with Crippen LogP contribution in [0.4, 0.5) is 0 Å². The highest BCUT2D eigenvalue weighted by Gasteiger charge is 2.35. The summed E-state index contributed by atoms with van der Waals surface area (Å²) in [6.45, 7) is 10.4. The van der Waals surface area contributed by atoms with Gasteiger partial charge in [0.15, 0.2) is 0 Å². The quantitative estimate of drug-likeness (QED) is 0.798. The van der Waals surface area contributed by atoms with Gasteiger partial charge in [0.05, 0.1) is 5.75 Å². The Balaban J connectivity index is 1.83. The molecule has 1 N–H and O–H groups in total. The molecule has 0 unspecified atom stereocenters. The zero-order valence-electron chi connectivity index (χ0n) is 13.6. The Bertz CT molecular complexity index is 405. The van der Waals surface area contributed by atoms with Gasteiger partial charge in [-0.25, -0.2) is 12.7 Å². The second kappa shape index (κ2) is 7.40. The molecular weight excluding hydrogens is 286 g/mol. The van der Waals surface area contributed by atoms with Crippen molar-refractivity contribution >= 4 is 10.0 Å². The molecule has 0 bridgehead atoms. The summed E-state index contributed by atoms with van der Waals surface area (Å²) in [5.74, 6) is 0.276. The van der Waals surface area contributed by atoms with Crippen LogP contribution in [0.3, 0.4) is 0 Å². The molecule has 2 saturated heterocycles. The fourth-order valence-corrected chi connectivity index (χ4v) is 4.99. The van der Waals surface area contributed by atoms with Crippen LogP contribution in [0.2, 0.25) is 0 Å². The SMILES string of the molecule is CCC1(CC)CCN(S(=O)(=O)CCN2CCNCC2)CC1. The summed E-state index contributed by atoms with van der Waals surface area (Å²) >= 11 is 0. The summed E-state index contributed by atoms with van der Waals surface area (Å²) in [6, 6.07) is 0. The van der Waals surface area contributed by atoms with E-state index >= 15 is 0 Å². The standard InChI is InChI=1S/C15H31N3O2S/c1-3-15(4-2)5-9-18(10-6-15)21(19,20)14-13-17-11-7-16-8-12-17/h16H,3-14H2,1-2H3. The summed E-state index contributed by atoms with van der Waals surface area (Å²) in [7, 11) is -3.08. The molecule has 0 atom stereocenters. The molecule has 0 saturated carbocycles. The minimum Gasteiger partial charge on any atom is -0.314 e. The van der Waals surface area contributed by atoms with Crippen molar-refractivity contribution in [3.8, 4) is 0 Å². The van der Waals surface area contributed by atoms with Gasteiger partial charge in [0.25, 0.3) is 0 Å². The third kappa shape index (κ3) is 4.41. The summed E-state index contributed by atoms with van der Waals surface area (Å²) < 4.78 is 26.7. The van der Waals surface area contributed by atoms with Gasteiger partial charge < -0.3 is 5.32 Å². The van der Waals surface area contributed by atoms with Crippen molar-refractivity contribution in [1.29, 1.82) is 0 Å². The Labute approximate surface area is 130 Å². The van der Waals surface area contributed by atoms with E-state index in [1.807, 2.05) is 0 Å². The maximum absolute atomic E-state index is 12.5. The molecule has 2 fully saturated rings. The van der Waals surface area contributed by atoms with Gasteiger partial charge in [-0.15, -0.1) is 0 Å². The molecule has 6 heteroatoms. The van der Waals surface area contributed by atoms with Gasteiger partial charge in [-0.05, 0) is 18.3 Å². The van der Waals surface area contributed by atoms with Gasteiger partial charge in [-0.2, -0.15) is 0 Å². The lowest BCUT2D eigenvalue weighted by atomic mass is 9.75. The lowest BCUT2D eigenvalue weighted by Gasteiger charge is -2.40. The molecule has 0 spiro atoms. The van der Waals surface area contributed by atoms with Gasteiger partial charge >= 0.3 is 0 Å². The van der Waals surface area contributed by atoms with E-state index in [0.717, 1.165) is 51.9 Å². The molecule has 0 radical (unpaired) electrons. The Kier molecular flexibility index (Phi) is 6.05. The van der Waals surface area contributed by atoms with Crippen molar-refractivity contribution in [2.45, 2.75) is 39.5 Å². The first kappa shape index (κ1) is 17.2. The highest BCUT2D eigenvalue weighted by molar-refractivity contribution is 7.89. The van der Waals surface area contributed by atoms with E-state index in [-0.39, 0.29) is 5.75 Å². The zero-order valence-corrected chi connectivity index (χ0v) is 14.4. The highest BCUT2D eigenvalue weighted by atomic mass is 32.2. The van der Waals surface area contributed by atoms with Crippen LogP contribution in [0.5, 0.6) is 0 Å². The van der Waals surface area contributed by atoms with E-state index in [9.17, 15) is 8.42 Å². The predicted octanol–water partition coefficient (Wildman–Crippen LogP) is 1.12. The molecule has 0 amide bonds. The van der Waals surface area contributed by atoms with Crippen LogP contribution in [0, 0.1) is 5.41 Å². The Morgan fingerprint density at radius 1 is 1.00 bits per heavy atom. The van der Waals surface area contributed by atoms with E-state index in [4.69, 9.17) is 0 Å². The van der Waals surface area contributed by atoms with Gasteiger partial charge in [-0.1, -0.05) is 26.7 Å². The molecule has 0 aliphatic carbocycles. The first-order chi connectivity index (χ1) is 10.0. The van der Waals surface area contributed by atoms with Crippen molar-refractivity contribution in [2.24, 2.45) is 5.41 Å². The molecular formula is C15H31N3O2S. The second-order valence-electron chi connectivity index (χ2n) is 6.51. The Morgan fingerprint density at radius 2 is 1.57 bits per heavy atom. The number of nitrogens with one attached hydrogen (secondary N) is 1. The van der Waals surface area contributed by atoms with E-state index in [0.29, 0.717) is 25.0 Å². The first-order valence-corrected chi connectivity index (χ1v) is 10.0. The number of nitrogens with zero attached hydrogens (tertiary/aromatic N) is 2. The average molecular weight is 317 g/mol. The van der Waals surface area contributed by atoms with Crippen molar-refractivity contribution in [1.82, 2.24) is 14.5 Å². The molecule has 21 heavy (non-hydrogen) atoms. The smallest absolute Gasteiger partial charge is 0.215 e. The third-order valence-electron chi connectivity index (χ3n) is 5.55. The zero-order chi connectivity index (χ0) is 15.3. The first-order valence-electron chi connectivity index (χ1n) is 8.42. The molecule has 0 aromatic heterocycles. The maximum Gasteiger partial charge on any atom is 0.215 e. The minimum absolute atomic E-state index is 0.276. The number of hydrogen-bond acceptors (Lipinski definition) is 4. The predicted molar refractivity (Wildman–Crippen MR) is 86.9 cm³/mol. The lowest BCUT2D eigenvalue weighted by Crippen LogP contribution is -2.48. The molecule has 0 aromatic rings. The summed E-state index contributed by atoms with van der Waals surface area (Å²) in [4.78, 5) is 2.25. The number of sulfonamides is 1. The lowest BCUT2D eigenvalue weighted by molar-refractivity contribution is 0.141. The number of hydrogen-bond donors (Lipinski definition) is 1. The van der Waals surface area contributed by atoms with Crippen LogP contribution in [0.25, 0.3) is 0 Å². The van der Waals surface area contributed by atoms with Crippen molar-refractivity contribution in [2.75, 3.05) is 51.6 Å². The van der Waals surface area contributed by atoms with E-state index in [2.05, 4.69) is 24.1 Å². The van der Waals surface area contributed by atoms with E-state index in [1.165, 1.54) is 0 Å². The highest BCUT2D eigenvalue weighted by Crippen LogP contribution is 2.38. The fraction of sp³-hybridized carbons (Fsp3) is 1.00. The molecule has 2 heterocycles. The Morgan fingerprint density at radius 3 is 2.10 bits per heavy atom. The second-order valence-corrected chi connectivity index (χ2v) is 8.60. The van der Waals surface area contributed by atoms with Gasteiger partial charge in [-0.3, -0.25) is 4.90 Å². The van der Waals surface area contributed by atoms with Crippen LogP contribution in [-0.2, 0) is 10.0 Å². The summed E-state index contributed by atoms with van der Waals surface area (Å²) in [6.07, 6.45) is 4.37. The van der Waals surface area contributed by atoms with Gasteiger partial charge in [0.2, 0.25) is 10.0 Å². The van der Waals surface area contributed by atoms with Crippen LogP contribution >= 0.6 is 0 Å². The van der Waals surface area contributed by atoms with Crippen molar-refractivity contribution in [3.05, 3.63) is 0 Å². The number of piperidine rings is 1. The summed E-state index contributed by atoms with van der Waals surface area (Å²) in [5.41, 5.74) is 0.380. The summed E-state index contributed by atoms with van der Waals surface area (Å²) in [5, 5.41) is 3.30. The third-order valence-corrected chi connectivity index (χ3v) is 7.40. The molecule has 124 valence electrons. The average Bonchev–Trinajstić information content (AvgIpc) is 2.54. The van der Waals surface area contributed by atoms with Gasteiger partial charge in [0.1, 0.15) is 0 Å². The van der Waals surface area contributed by atoms with Crippen LogP contribution in [0.15, 0.2) is 0 Å². The normalized spacial score (nSPS) is 25.0. The minimum atomic E-state index is -3.08. The Hall–Kier alpha value is -0.170. The maximum atomic E-state index is 12.5. The molecule has 2 aliphatic heterocycles. The van der Waals surface area contributed by atoms with Crippen LogP contribution in [-0.4, -0.2) is 69.2 Å². The van der Waals surface area contributed by atoms with E-state index < -0.39 is 10.0 Å². The fourth-order valence-electron chi connectivity index (χ4n) is 3.50. The number of rotatable bonds is 6. The largest absolute Gasteiger partial charge is 0.314 e. The van der Waals surface area contributed by atoms with Crippen molar-refractivity contribution < 1.29 is 8.42 Å². The van der Waals surface area contributed by atoms with Crippen molar-refractivity contribution in [3.63, 3.8) is 0 Å². The number of piperazine rings is 1. The molecule has 2 aliphatic rings. The topological polar surface area (TPSA) is 52.7 Å². The van der Waals surface area contributed by atoms with E-state index in [1.54, 1.807) is 4.31 Å².